The molecule has 0 fully saturated rings. The largest absolute Gasteiger partial charge is 0.497 e. The van der Waals surface area contributed by atoms with Crippen LogP contribution in [0.3, 0.4) is 0 Å². The molecule has 0 aliphatic carbocycles. The normalized spacial score (nSPS) is 11.4. The van der Waals surface area contributed by atoms with Crippen molar-refractivity contribution in [1.82, 2.24) is 9.97 Å². The van der Waals surface area contributed by atoms with Crippen LogP contribution in [-0.4, -0.2) is 17.1 Å². The van der Waals surface area contributed by atoms with Crippen molar-refractivity contribution in [2.45, 2.75) is 0 Å². The molecule has 120 valence electrons. The van der Waals surface area contributed by atoms with Gasteiger partial charge in [0.1, 0.15) is 11.4 Å². The van der Waals surface area contributed by atoms with Crippen molar-refractivity contribution in [3.63, 3.8) is 0 Å². The number of benzene rings is 3. The van der Waals surface area contributed by atoms with E-state index in [1.54, 1.807) is 7.11 Å². The van der Waals surface area contributed by atoms with Gasteiger partial charge in [-0.05, 0) is 29.8 Å². The first kappa shape index (κ1) is 14.1. The highest BCUT2D eigenvalue weighted by Crippen LogP contribution is 2.39. The number of nitrogens with one attached hydrogen (secondary N) is 1. The minimum atomic E-state index is 0.859. The molecule has 0 saturated heterocycles. The molecule has 0 aliphatic heterocycles. The van der Waals surface area contributed by atoms with Gasteiger partial charge in [0.2, 0.25) is 0 Å². The van der Waals surface area contributed by atoms with Gasteiger partial charge in [-0.3, -0.25) is 0 Å². The number of H-pyrrole nitrogens is 1. The molecule has 3 nitrogen and oxygen atoms in total. The van der Waals surface area contributed by atoms with E-state index < -0.39 is 0 Å². The SMILES string of the molecule is COc1ccc(-c2c3ccccc3nc3[nH]c4ccccc4c23)cc1. The maximum Gasteiger partial charge on any atom is 0.139 e. The summed E-state index contributed by atoms with van der Waals surface area (Å²) < 4.78 is 5.32. The summed E-state index contributed by atoms with van der Waals surface area (Å²) in [6, 6.07) is 24.9. The van der Waals surface area contributed by atoms with Crippen LogP contribution in [0, 0.1) is 0 Å². The molecule has 1 N–H and O–H groups in total. The van der Waals surface area contributed by atoms with E-state index in [1.807, 2.05) is 24.3 Å². The number of pyridine rings is 1. The Balaban J connectivity index is 1.98. The standard InChI is InChI=1S/C22H16N2O/c1-25-15-12-10-14(11-13-15)20-16-6-2-4-8-18(16)23-22-21(20)17-7-3-5-9-19(17)24-22/h2-13H,1H3,(H,23,24). The minimum Gasteiger partial charge on any atom is -0.497 e. The predicted molar refractivity (Wildman–Crippen MR) is 103 cm³/mol. The van der Waals surface area contributed by atoms with E-state index in [1.165, 1.54) is 16.3 Å². The number of hydrogen-bond donors (Lipinski definition) is 1. The van der Waals surface area contributed by atoms with E-state index >= 15 is 0 Å². The number of hydrogen-bond acceptors (Lipinski definition) is 2. The molecular weight excluding hydrogens is 308 g/mol. The number of aromatic nitrogens is 2. The zero-order valence-electron chi connectivity index (χ0n) is 13.8. The average molecular weight is 324 g/mol. The molecule has 0 spiro atoms. The fourth-order valence-corrected chi connectivity index (χ4v) is 3.56. The van der Waals surface area contributed by atoms with E-state index in [9.17, 15) is 0 Å². The maximum absolute atomic E-state index is 5.32. The van der Waals surface area contributed by atoms with Crippen LogP contribution in [0.15, 0.2) is 72.8 Å². The molecule has 0 atom stereocenters. The molecule has 0 saturated carbocycles. The second-order valence-electron chi connectivity index (χ2n) is 6.13. The van der Waals surface area contributed by atoms with Crippen molar-refractivity contribution < 1.29 is 4.74 Å². The van der Waals surface area contributed by atoms with Gasteiger partial charge in [-0.2, -0.15) is 0 Å². The number of methoxy groups -OCH3 is 1. The third kappa shape index (κ3) is 2.09. The number of aromatic amines is 1. The molecule has 0 bridgehead atoms. The number of fused-ring (bicyclic) bond motifs is 4. The fraction of sp³-hybridized carbons (Fsp3) is 0.0455. The summed E-state index contributed by atoms with van der Waals surface area (Å²) in [5.41, 5.74) is 5.39. The second-order valence-corrected chi connectivity index (χ2v) is 6.13. The van der Waals surface area contributed by atoms with Crippen molar-refractivity contribution in [2.24, 2.45) is 0 Å². The zero-order valence-corrected chi connectivity index (χ0v) is 13.8. The van der Waals surface area contributed by atoms with E-state index in [0.717, 1.165) is 33.4 Å². The summed E-state index contributed by atoms with van der Waals surface area (Å²) in [6.07, 6.45) is 0. The van der Waals surface area contributed by atoms with Crippen LogP contribution in [0.5, 0.6) is 5.75 Å². The molecule has 25 heavy (non-hydrogen) atoms. The summed E-state index contributed by atoms with van der Waals surface area (Å²) in [5, 5.41) is 3.52. The monoisotopic (exact) mass is 324 g/mol. The Bertz CT molecular complexity index is 1220. The molecule has 2 heterocycles. The fourth-order valence-electron chi connectivity index (χ4n) is 3.56. The molecule has 0 unspecified atom stereocenters. The summed E-state index contributed by atoms with van der Waals surface area (Å²) >= 11 is 0. The van der Waals surface area contributed by atoms with Gasteiger partial charge in [-0.15, -0.1) is 0 Å². The predicted octanol–water partition coefficient (Wildman–Crippen LogP) is 5.54. The lowest BCUT2D eigenvalue weighted by Crippen LogP contribution is -1.88. The highest BCUT2D eigenvalue weighted by molar-refractivity contribution is 6.19. The van der Waals surface area contributed by atoms with Gasteiger partial charge in [-0.1, -0.05) is 48.5 Å². The molecule has 0 aliphatic rings. The lowest BCUT2D eigenvalue weighted by Gasteiger charge is -2.10. The molecule has 0 radical (unpaired) electrons. The highest BCUT2D eigenvalue weighted by atomic mass is 16.5. The van der Waals surface area contributed by atoms with Crippen LogP contribution < -0.4 is 4.74 Å². The van der Waals surface area contributed by atoms with Crippen molar-refractivity contribution in [3.05, 3.63) is 72.8 Å². The highest BCUT2D eigenvalue weighted by Gasteiger charge is 2.15. The summed E-state index contributed by atoms with van der Waals surface area (Å²) in [7, 11) is 1.69. The summed E-state index contributed by atoms with van der Waals surface area (Å²) in [4.78, 5) is 8.32. The van der Waals surface area contributed by atoms with Gasteiger partial charge in [0.05, 0.1) is 12.6 Å². The van der Waals surface area contributed by atoms with Crippen molar-refractivity contribution in [1.29, 1.82) is 0 Å². The lowest BCUT2D eigenvalue weighted by atomic mass is 9.96. The molecule has 3 aromatic carbocycles. The third-order valence-corrected chi connectivity index (χ3v) is 4.72. The van der Waals surface area contributed by atoms with Gasteiger partial charge >= 0.3 is 0 Å². The Morgan fingerprint density at radius 2 is 1.52 bits per heavy atom. The zero-order chi connectivity index (χ0) is 16.8. The van der Waals surface area contributed by atoms with Gasteiger partial charge in [0, 0.05) is 27.2 Å². The number of ether oxygens (including phenoxy) is 1. The third-order valence-electron chi connectivity index (χ3n) is 4.72. The first-order valence-electron chi connectivity index (χ1n) is 8.29. The van der Waals surface area contributed by atoms with Gasteiger partial charge in [-0.25, -0.2) is 4.98 Å². The molecule has 0 amide bonds. The van der Waals surface area contributed by atoms with Gasteiger partial charge in [0.15, 0.2) is 0 Å². The van der Waals surface area contributed by atoms with Crippen molar-refractivity contribution >= 4 is 32.8 Å². The number of para-hydroxylation sites is 2. The molecular formula is C22H16N2O. The Morgan fingerprint density at radius 1 is 0.800 bits per heavy atom. The summed E-state index contributed by atoms with van der Waals surface area (Å²) in [6.45, 7) is 0. The number of nitrogens with zero attached hydrogens (tertiary/aromatic N) is 1. The molecule has 5 rings (SSSR count). The van der Waals surface area contributed by atoms with Crippen molar-refractivity contribution in [3.8, 4) is 16.9 Å². The van der Waals surface area contributed by atoms with Crippen LogP contribution >= 0.6 is 0 Å². The Morgan fingerprint density at radius 3 is 2.32 bits per heavy atom. The second kappa shape index (κ2) is 5.35. The van der Waals surface area contributed by atoms with E-state index in [-0.39, 0.29) is 0 Å². The first-order valence-corrected chi connectivity index (χ1v) is 8.29. The minimum absolute atomic E-state index is 0.859. The summed E-state index contributed by atoms with van der Waals surface area (Å²) in [5.74, 6) is 0.859. The lowest BCUT2D eigenvalue weighted by molar-refractivity contribution is 0.415. The molecule has 2 aromatic heterocycles. The van der Waals surface area contributed by atoms with Crippen LogP contribution in [-0.2, 0) is 0 Å². The molecule has 3 heteroatoms. The van der Waals surface area contributed by atoms with Gasteiger partial charge in [0.25, 0.3) is 0 Å². The van der Waals surface area contributed by atoms with Crippen LogP contribution in [0.1, 0.15) is 0 Å². The van der Waals surface area contributed by atoms with Crippen molar-refractivity contribution in [2.75, 3.05) is 7.11 Å². The first-order chi connectivity index (χ1) is 12.3. The van der Waals surface area contributed by atoms with Crippen LogP contribution in [0.4, 0.5) is 0 Å². The van der Waals surface area contributed by atoms with Gasteiger partial charge < -0.3 is 9.72 Å². The smallest absolute Gasteiger partial charge is 0.139 e. The number of rotatable bonds is 2. The Kier molecular flexibility index (Phi) is 3.01. The molecule has 5 aromatic rings. The topological polar surface area (TPSA) is 37.9 Å². The van der Waals surface area contributed by atoms with E-state index in [4.69, 9.17) is 9.72 Å². The quantitative estimate of drug-likeness (QED) is 0.462. The maximum atomic E-state index is 5.32. The van der Waals surface area contributed by atoms with Crippen LogP contribution in [0.2, 0.25) is 0 Å². The average Bonchev–Trinajstić information content (AvgIpc) is 3.04. The Hall–Kier alpha value is -3.33. The van der Waals surface area contributed by atoms with Crippen LogP contribution in [0.25, 0.3) is 44.0 Å². The van der Waals surface area contributed by atoms with E-state index in [0.29, 0.717) is 0 Å². The van der Waals surface area contributed by atoms with E-state index in [2.05, 4.69) is 53.5 Å². The Labute approximate surface area is 144 Å².